The zero-order chi connectivity index (χ0) is 14.5. The van der Waals surface area contributed by atoms with Crippen LogP contribution >= 0.6 is 0 Å². The van der Waals surface area contributed by atoms with E-state index >= 15 is 0 Å². The summed E-state index contributed by atoms with van der Waals surface area (Å²) in [7, 11) is 0. The highest BCUT2D eigenvalue weighted by Gasteiger charge is 2.19. The van der Waals surface area contributed by atoms with E-state index in [9.17, 15) is 0 Å². The van der Waals surface area contributed by atoms with Crippen LogP contribution in [0.1, 0.15) is 44.6 Å². The molecule has 1 aliphatic carbocycles. The Hall–Kier alpha value is -1.61. The van der Waals surface area contributed by atoms with Gasteiger partial charge in [-0.05, 0) is 30.9 Å². The number of hydrogen-bond acceptors (Lipinski definition) is 2. The van der Waals surface area contributed by atoms with Crippen molar-refractivity contribution in [2.45, 2.75) is 51.6 Å². The van der Waals surface area contributed by atoms with E-state index in [-0.39, 0.29) is 0 Å². The molecule has 0 spiro atoms. The van der Waals surface area contributed by atoms with Gasteiger partial charge in [0.1, 0.15) is 0 Å². The van der Waals surface area contributed by atoms with Gasteiger partial charge in [0.05, 0.1) is 11.9 Å². The second kappa shape index (κ2) is 6.90. The van der Waals surface area contributed by atoms with Crippen molar-refractivity contribution >= 4 is 0 Å². The van der Waals surface area contributed by atoms with Crippen molar-refractivity contribution in [3.05, 3.63) is 48.3 Å². The third-order valence-corrected chi connectivity index (χ3v) is 4.59. The molecule has 0 radical (unpaired) electrons. The van der Waals surface area contributed by atoms with E-state index in [2.05, 4.69) is 35.7 Å². The molecule has 0 bridgehead atoms. The lowest BCUT2D eigenvalue weighted by atomic mass is 9.97. The SMILES string of the molecule is CC1CCCCCC1NCc1cnn(-c2ccccc2)c1. The van der Waals surface area contributed by atoms with Crippen LogP contribution in [-0.4, -0.2) is 15.8 Å². The Kier molecular flexibility index (Phi) is 4.71. The van der Waals surface area contributed by atoms with Gasteiger partial charge in [-0.15, -0.1) is 0 Å². The Morgan fingerprint density at radius 1 is 1.14 bits per heavy atom. The molecule has 2 atom stereocenters. The molecule has 1 aliphatic rings. The molecular formula is C18H25N3. The van der Waals surface area contributed by atoms with Crippen molar-refractivity contribution in [3.8, 4) is 5.69 Å². The second-order valence-electron chi connectivity index (χ2n) is 6.23. The molecule has 0 saturated heterocycles. The van der Waals surface area contributed by atoms with Crippen LogP contribution in [0.3, 0.4) is 0 Å². The Balaban J connectivity index is 1.60. The highest BCUT2D eigenvalue weighted by molar-refractivity contribution is 5.30. The van der Waals surface area contributed by atoms with E-state index in [1.165, 1.54) is 37.7 Å². The molecule has 1 heterocycles. The maximum absolute atomic E-state index is 4.46. The summed E-state index contributed by atoms with van der Waals surface area (Å²) in [5, 5.41) is 8.20. The van der Waals surface area contributed by atoms with E-state index in [1.54, 1.807) is 0 Å². The summed E-state index contributed by atoms with van der Waals surface area (Å²) in [6.45, 7) is 3.30. The van der Waals surface area contributed by atoms with Gasteiger partial charge in [-0.3, -0.25) is 0 Å². The van der Waals surface area contributed by atoms with E-state index in [0.717, 1.165) is 18.2 Å². The molecule has 1 N–H and O–H groups in total. The fraction of sp³-hybridized carbons (Fsp3) is 0.500. The zero-order valence-electron chi connectivity index (χ0n) is 12.8. The summed E-state index contributed by atoms with van der Waals surface area (Å²) in [5.41, 5.74) is 2.38. The normalized spacial score (nSPS) is 22.9. The first kappa shape index (κ1) is 14.3. The lowest BCUT2D eigenvalue weighted by Gasteiger charge is -2.22. The smallest absolute Gasteiger partial charge is 0.0645 e. The zero-order valence-corrected chi connectivity index (χ0v) is 12.8. The Morgan fingerprint density at radius 3 is 2.81 bits per heavy atom. The molecule has 1 saturated carbocycles. The molecule has 3 rings (SSSR count). The van der Waals surface area contributed by atoms with E-state index in [1.807, 2.05) is 29.1 Å². The van der Waals surface area contributed by atoms with Crippen molar-refractivity contribution in [1.82, 2.24) is 15.1 Å². The van der Waals surface area contributed by atoms with Gasteiger partial charge in [0, 0.05) is 24.3 Å². The Labute approximate surface area is 127 Å². The van der Waals surface area contributed by atoms with Gasteiger partial charge < -0.3 is 5.32 Å². The monoisotopic (exact) mass is 283 g/mol. The average molecular weight is 283 g/mol. The summed E-state index contributed by atoms with van der Waals surface area (Å²) in [6.07, 6.45) is 10.9. The van der Waals surface area contributed by atoms with Crippen molar-refractivity contribution in [2.75, 3.05) is 0 Å². The number of hydrogen-bond donors (Lipinski definition) is 1. The van der Waals surface area contributed by atoms with Crippen LogP contribution in [0.4, 0.5) is 0 Å². The van der Waals surface area contributed by atoms with Gasteiger partial charge in [0.15, 0.2) is 0 Å². The van der Waals surface area contributed by atoms with Gasteiger partial charge in [0.25, 0.3) is 0 Å². The van der Waals surface area contributed by atoms with Crippen LogP contribution in [0.2, 0.25) is 0 Å². The molecule has 1 aromatic heterocycles. The highest BCUT2D eigenvalue weighted by Crippen LogP contribution is 2.23. The fourth-order valence-corrected chi connectivity index (χ4v) is 3.22. The number of nitrogens with one attached hydrogen (secondary N) is 1. The summed E-state index contributed by atoms with van der Waals surface area (Å²) >= 11 is 0. The van der Waals surface area contributed by atoms with Crippen LogP contribution in [0.25, 0.3) is 5.69 Å². The summed E-state index contributed by atoms with van der Waals surface area (Å²) < 4.78 is 1.95. The fourth-order valence-electron chi connectivity index (χ4n) is 3.22. The highest BCUT2D eigenvalue weighted by atomic mass is 15.3. The lowest BCUT2D eigenvalue weighted by molar-refractivity contribution is 0.356. The molecule has 2 aromatic rings. The molecule has 1 fully saturated rings. The molecule has 3 nitrogen and oxygen atoms in total. The third-order valence-electron chi connectivity index (χ3n) is 4.59. The number of rotatable bonds is 4. The maximum atomic E-state index is 4.46. The Bertz CT molecular complexity index is 547. The van der Waals surface area contributed by atoms with Gasteiger partial charge in [-0.25, -0.2) is 4.68 Å². The number of aromatic nitrogens is 2. The van der Waals surface area contributed by atoms with Crippen molar-refractivity contribution in [1.29, 1.82) is 0 Å². The van der Waals surface area contributed by atoms with Crippen LogP contribution in [0.5, 0.6) is 0 Å². The standard InChI is InChI=1S/C18H25N3/c1-15-8-4-2-7-11-18(15)19-12-16-13-20-21(14-16)17-9-5-3-6-10-17/h3,5-6,9-10,13-15,18-19H,2,4,7-8,11-12H2,1H3. The largest absolute Gasteiger partial charge is 0.310 e. The van der Waals surface area contributed by atoms with Gasteiger partial charge in [-0.2, -0.15) is 5.10 Å². The minimum absolute atomic E-state index is 0.660. The number of benzene rings is 1. The van der Waals surface area contributed by atoms with Gasteiger partial charge in [0.2, 0.25) is 0 Å². The molecule has 1 aromatic carbocycles. The molecule has 2 unspecified atom stereocenters. The third kappa shape index (κ3) is 3.73. The number of nitrogens with zero attached hydrogens (tertiary/aromatic N) is 2. The summed E-state index contributed by atoms with van der Waals surface area (Å²) in [4.78, 5) is 0. The first-order valence-corrected chi connectivity index (χ1v) is 8.15. The van der Waals surface area contributed by atoms with Crippen LogP contribution in [0, 0.1) is 5.92 Å². The molecule has 0 amide bonds. The van der Waals surface area contributed by atoms with Gasteiger partial charge >= 0.3 is 0 Å². The van der Waals surface area contributed by atoms with Crippen molar-refractivity contribution in [2.24, 2.45) is 5.92 Å². The molecule has 3 heteroatoms. The van der Waals surface area contributed by atoms with Crippen LogP contribution < -0.4 is 5.32 Å². The van der Waals surface area contributed by atoms with Crippen molar-refractivity contribution < 1.29 is 0 Å². The number of para-hydroxylation sites is 1. The minimum Gasteiger partial charge on any atom is -0.310 e. The Morgan fingerprint density at radius 2 is 1.95 bits per heavy atom. The lowest BCUT2D eigenvalue weighted by Crippen LogP contribution is -2.33. The quantitative estimate of drug-likeness (QED) is 0.862. The van der Waals surface area contributed by atoms with E-state index in [0.29, 0.717) is 6.04 Å². The first-order valence-electron chi connectivity index (χ1n) is 8.15. The molecule has 21 heavy (non-hydrogen) atoms. The average Bonchev–Trinajstić information content (AvgIpc) is 2.90. The predicted molar refractivity (Wildman–Crippen MR) is 86.4 cm³/mol. The molecule has 112 valence electrons. The second-order valence-corrected chi connectivity index (χ2v) is 6.23. The molecular weight excluding hydrogens is 258 g/mol. The van der Waals surface area contributed by atoms with Gasteiger partial charge in [-0.1, -0.05) is 44.4 Å². The van der Waals surface area contributed by atoms with E-state index < -0.39 is 0 Å². The minimum atomic E-state index is 0.660. The van der Waals surface area contributed by atoms with Crippen LogP contribution in [0.15, 0.2) is 42.7 Å². The predicted octanol–water partition coefficient (Wildman–Crippen LogP) is 3.93. The molecule has 0 aliphatic heterocycles. The van der Waals surface area contributed by atoms with Crippen molar-refractivity contribution in [3.63, 3.8) is 0 Å². The summed E-state index contributed by atoms with van der Waals surface area (Å²) in [6, 6.07) is 10.9. The topological polar surface area (TPSA) is 29.9 Å². The maximum Gasteiger partial charge on any atom is 0.0645 e. The van der Waals surface area contributed by atoms with Crippen LogP contribution in [-0.2, 0) is 6.54 Å². The van der Waals surface area contributed by atoms with E-state index in [4.69, 9.17) is 0 Å². The first-order chi connectivity index (χ1) is 10.3. The summed E-state index contributed by atoms with van der Waals surface area (Å²) in [5.74, 6) is 0.789.